The maximum absolute atomic E-state index is 13.4. The van der Waals surface area contributed by atoms with Gasteiger partial charge in [0.25, 0.3) is 10.0 Å². The van der Waals surface area contributed by atoms with E-state index in [1.54, 1.807) is 18.2 Å². The van der Waals surface area contributed by atoms with Crippen LogP contribution in [0.1, 0.15) is 10.4 Å². The molecule has 1 aliphatic rings. The Morgan fingerprint density at radius 3 is 2.90 bits per heavy atom. The number of rotatable bonds is 4. The molecule has 0 unspecified atom stereocenters. The number of hydrogen-bond donors (Lipinski definition) is 1. The second-order valence-corrected chi connectivity index (χ2v) is 8.11. The molecule has 21 heavy (non-hydrogen) atoms. The quantitative estimate of drug-likeness (QED) is 0.938. The lowest BCUT2D eigenvalue weighted by Crippen LogP contribution is -2.28. The van der Waals surface area contributed by atoms with Crippen molar-refractivity contribution in [2.45, 2.75) is 17.2 Å². The molecule has 0 amide bonds. The van der Waals surface area contributed by atoms with Gasteiger partial charge in [0.15, 0.2) is 0 Å². The number of nitrogens with one attached hydrogen (secondary N) is 1. The third-order valence-corrected chi connectivity index (χ3v) is 6.80. The van der Waals surface area contributed by atoms with Crippen LogP contribution >= 0.6 is 11.3 Å². The average Bonchev–Trinajstić information content (AvgIpc) is 3.05. The lowest BCUT2D eigenvalue weighted by Gasteiger charge is -2.18. The van der Waals surface area contributed by atoms with Crippen LogP contribution in [0, 0.1) is 5.82 Å². The molecule has 0 saturated heterocycles. The molecule has 7 heteroatoms. The third-order valence-electron chi connectivity index (χ3n) is 3.43. The maximum atomic E-state index is 13.4. The van der Waals surface area contributed by atoms with Crippen LogP contribution in [0.15, 0.2) is 34.5 Å². The van der Waals surface area contributed by atoms with Crippen molar-refractivity contribution in [3.05, 3.63) is 46.6 Å². The number of sulfonamides is 1. The van der Waals surface area contributed by atoms with E-state index in [-0.39, 0.29) is 0 Å². The Labute approximate surface area is 127 Å². The van der Waals surface area contributed by atoms with Crippen LogP contribution in [-0.2, 0) is 23.0 Å². The summed E-state index contributed by atoms with van der Waals surface area (Å²) in [5, 5.41) is 2.99. The Kier molecular flexibility index (Phi) is 3.73. The molecule has 3 rings (SSSR count). The SMILES string of the molecule is CNCc1ccc(S(=O)(=O)N2CCc3ccc(F)cc32)s1. The van der Waals surface area contributed by atoms with Crippen LogP contribution in [0.2, 0.25) is 0 Å². The number of thiophene rings is 1. The largest absolute Gasteiger partial charge is 0.315 e. The fourth-order valence-electron chi connectivity index (χ4n) is 2.45. The molecule has 4 nitrogen and oxygen atoms in total. The fourth-order valence-corrected chi connectivity index (χ4v) is 5.42. The van der Waals surface area contributed by atoms with E-state index < -0.39 is 15.8 Å². The van der Waals surface area contributed by atoms with Gasteiger partial charge in [0.1, 0.15) is 10.0 Å². The summed E-state index contributed by atoms with van der Waals surface area (Å²) in [6, 6.07) is 7.73. The van der Waals surface area contributed by atoms with Gasteiger partial charge in [-0.15, -0.1) is 11.3 Å². The van der Waals surface area contributed by atoms with Gasteiger partial charge in [0, 0.05) is 18.0 Å². The number of nitrogens with zero attached hydrogens (tertiary/aromatic N) is 1. The summed E-state index contributed by atoms with van der Waals surface area (Å²) in [6.07, 6.45) is 0.615. The van der Waals surface area contributed by atoms with Crippen molar-refractivity contribution in [3.63, 3.8) is 0 Å². The lowest BCUT2D eigenvalue weighted by atomic mass is 10.2. The van der Waals surface area contributed by atoms with Crippen molar-refractivity contribution in [2.24, 2.45) is 0 Å². The van der Waals surface area contributed by atoms with E-state index in [4.69, 9.17) is 0 Å². The molecular weight excluding hydrogens is 311 g/mol. The molecule has 1 N–H and O–H groups in total. The van der Waals surface area contributed by atoms with Crippen LogP contribution in [0.5, 0.6) is 0 Å². The summed E-state index contributed by atoms with van der Waals surface area (Å²) in [5.41, 5.74) is 1.32. The molecule has 0 bridgehead atoms. The normalized spacial score (nSPS) is 14.5. The van der Waals surface area contributed by atoms with Crippen LogP contribution in [0.25, 0.3) is 0 Å². The first-order valence-electron chi connectivity index (χ1n) is 6.57. The highest BCUT2D eigenvalue weighted by Gasteiger charge is 2.32. The highest BCUT2D eigenvalue weighted by atomic mass is 32.2. The van der Waals surface area contributed by atoms with E-state index in [0.717, 1.165) is 10.4 Å². The number of fused-ring (bicyclic) bond motifs is 1. The monoisotopic (exact) mass is 326 g/mol. The number of benzene rings is 1. The average molecular weight is 326 g/mol. The van der Waals surface area contributed by atoms with Gasteiger partial charge in [-0.25, -0.2) is 12.8 Å². The molecule has 2 heterocycles. The molecule has 0 spiro atoms. The molecule has 2 aromatic rings. The van der Waals surface area contributed by atoms with Crippen molar-refractivity contribution in [1.29, 1.82) is 0 Å². The Balaban J connectivity index is 1.98. The highest BCUT2D eigenvalue weighted by molar-refractivity contribution is 7.94. The predicted molar refractivity (Wildman–Crippen MR) is 81.7 cm³/mol. The first kappa shape index (κ1) is 14.5. The fraction of sp³-hybridized carbons (Fsp3) is 0.286. The molecule has 1 aromatic carbocycles. The van der Waals surface area contributed by atoms with Gasteiger partial charge in [-0.05, 0) is 43.3 Å². The first-order valence-corrected chi connectivity index (χ1v) is 8.82. The second kappa shape index (κ2) is 5.40. The maximum Gasteiger partial charge on any atom is 0.273 e. The van der Waals surface area contributed by atoms with Crippen LogP contribution in [-0.4, -0.2) is 22.0 Å². The molecular formula is C14H15FN2O2S2. The van der Waals surface area contributed by atoms with Gasteiger partial charge in [0.05, 0.1) is 5.69 Å². The van der Waals surface area contributed by atoms with Gasteiger partial charge in [-0.2, -0.15) is 0 Å². The summed E-state index contributed by atoms with van der Waals surface area (Å²) in [4.78, 5) is 0.953. The third kappa shape index (κ3) is 2.56. The lowest BCUT2D eigenvalue weighted by molar-refractivity contribution is 0.594. The minimum atomic E-state index is -3.61. The first-order chi connectivity index (χ1) is 10.0. The van der Waals surface area contributed by atoms with E-state index in [9.17, 15) is 12.8 Å². The zero-order valence-corrected chi connectivity index (χ0v) is 13.1. The minimum absolute atomic E-state index is 0.296. The van der Waals surface area contributed by atoms with Crippen molar-refractivity contribution in [3.8, 4) is 0 Å². The van der Waals surface area contributed by atoms with Crippen molar-refractivity contribution < 1.29 is 12.8 Å². The van der Waals surface area contributed by atoms with Crippen LogP contribution in [0.3, 0.4) is 0 Å². The molecule has 1 aromatic heterocycles. The zero-order valence-electron chi connectivity index (χ0n) is 11.5. The van der Waals surface area contributed by atoms with Gasteiger partial charge >= 0.3 is 0 Å². The van der Waals surface area contributed by atoms with Crippen LogP contribution < -0.4 is 9.62 Å². The van der Waals surface area contributed by atoms with Crippen LogP contribution in [0.4, 0.5) is 10.1 Å². The highest BCUT2D eigenvalue weighted by Crippen LogP contribution is 2.35. The van der Waals surface area contributed by atoms with E-state index in [2.05, 4.69) is 5.32 Å². The van der Waals surface area contributed by atoms with E-state index in [0.29, 0.717) is 29.4 Å². The number of hydrogen-bond acceptors (Lipinski definition) is 4. The number of halogens is 1. The summed E-state index contributed by atoms with van der Waals surface area (Å²) < 4.78 is 40.4. The summed E-state index contributed by atoms with van der Waals surface area (Å²) in [5.74, 6) is -0.419. The Hall–Kier alpha value is -1.44. The van der Waals surface area contributed by atoms with Crippen molar-refractivity contribution in [2.75, 3.05) is 17.9 Å². The molecule has 0 fully saturated rings. The van der Waals surface area contributed by atoms with Crippen molar-refractivity contribution >= 4 is 27.0 Å². The predicted octanol–water partition coefficient (Wildman–Crippen LogP) is 2.36. The molecule has 112 valence electrons. The smallest absolute Gasteiger partial charge is 0.273 e. The van der Waals surface area contributed by atoms with Gasteiger partial charge in [0.2, 0.25) is 0 Å². The van der Waals surface area contributed by atoms with Crippen molar-refractivity contribution in [1.82, 2.24) is 5.32 Å². The van der Waals surface area contributed by atoms with Gasteiger partial charge < -0.3 is 5.32 Å². The molecule has 0 aliphatic carbocycles. The van der Waals surface area contributed by atoms with E-state index in [1.165, 1.54) is 27.8 Å². The van der Waals surface area contributed by atoms with E-state index in [1.807, 2.05) is 7.05 Å². The summed E-state index contributed by atoms with van der Waals surface area (Å²) in [6.45, 7) is 0.992. The Morgan fingerprint density at radius 1 is 1.33 bits per heavy atom. The standard InChI is InChI=1S/C14H15FN2O2S2/c1-16-9-12-4-5-14(20-12)21(18,19)17-7-6-10-2-3-11(15)8-13(10)17/h2-5,8,16H,6-7,9H2,1H3. The second-order valence-electron chi connectivity index (χ2n) is 4.85. The zero-order chi connectivity index (χ0) is 15.0. The number of anilines is 1. The minimum Gasteiger partial charge on any atom is -0.315 e. The van der Waals surface area contributed by atoms with E-state index >= 15 is 0 Å². The van der Waals surface area contributed by atoms with Gasteiger partial charge in [-0.3, -0.25) is 4.31 Å². The molecule has 0 atom stereocenters. The molecule has 0 saturated carbocycles. The Bertz CT molecular complexity index is 771. The summed E-state index contributed by atoms with van der Waals surface area (Å²) in [7, 11) is -1.80. The molecule has 1 aliphatic heterocycles. The molecule has 0 radical (unpaired) electrons. The van der Waals surface area contributed by atoms with Gasteiger partial charge in [-0.1, -0.05) is 6.07 Å². The Morgan fingerprint density at radius 2 is 2.14 bits per heavy atom. The summed E-state index contributed by atoms with van der Waals surface area (Å²) >= 11 is 1.24. The topological polar surface area (TPSA) is 49.4 Å².